The van der Waals surface area contributed by atoms with E-state index in [2.05, 4.69) is 0 Å². The SMILES string of the molecule is CN(CCN1CCCC1=O)CC(O)COc1ccccc1. The van der Waals surface area contributed by atoms with Crippen molar-refractivity contribution in [2.24, 2.45) is 0 Å². The number of hydrogen-bond donors (Lipinski definition) is 1. The Morgan fingerprint density at radius 3 is 2.81 bits per heavy atom. The van der Waals surface area contributed by atoms with Crippen LogP contribution in [-0.4, -0.2) is 66.8 Å². The van der Waals surface area contributed by atoms with Crippen molar-refractivity contribution in [3.63, 3.8) is 0 Å². The monoisotopic (exact) mass is 292 g/mol. The number of rotatable bonds is 8. The molecule has 116 valence electrons. The molecule has 21 heavy (non-hydrogen) atoms. The van der Waals surface area contributed by atoms with Crippen LogP contribution in [0.3, 0.4) is 0 Å². The molecule has 1 unspecified atom stereocenters. The molecule has 1 aromatic rings. The fourth-order valence-electron chi connectivity index (χ4n) is 2.44. The maximum Gasteiger partial charge on any atom is 0.222 e. The van der Waals surface area contributed by atoms with Crippen LogP contribution in [0, 0.1) is 0 Å². The lowest BCUT2D eigenvalue weighted by atomic mass is 10.3. The molecule has 0 spiro atoms. The molecule has 0 bridgehead atoms. The average Bonchev–Trinajstić information content (AvgIpc) is 2.89. The van der Waals surface area contributed by atoms with Gasteiger partial charge in [0.2, 0.25) is 5.91 Å². The van der Waals surface area contributed by atoms with Gasteiger partial charge in [0.25, 0.3) is 0 Å². The maximum atomic E-state index is 11.5. The smallest absolute Gasteiger partial charge is 0.222 e. The van der Waals surface area contributed by atoms with Gasteiger partial charge in [-0.2, -0.15) is 0 Å². The largest absolute Gasteiger partial charge is 0.491 e. The predicted molar refractivity (Wildman–Crippen MR) is 81.3 cm³/mol. The minimum atomic E-state index is -0.538. The molecule has 1 saturated heterocycles. The van der Waals surface area contributed by atoms with Crippen molar-refractivity contribution >= 4 is 5.91 Å². The predicted octanol–water partition coefficient (Wildman–Crippen LogP) is 0.980. The molecular weight excluding hydrogens is 268 g/mol. The number of hydrogen-bond acceptors (Lipinski definition) is 4. The summed E-state index contributed by atoms with van der Waals surface area (Å²) in [5.41, 5.74) is 0. The zero-order valence-corrected chi connectivity index (χ0v) is 12.6. The summed E-state index contributed by atoms with van der Waals surface area (Å²) in [6.45, 7) is 3.19. The molecule has 1 fully saturated rings. The molecule has 1 N–H and O–H groups in total. The Morgan fingerprint density at radius 2 is 2.14 bits per heavy atom. The molecule has 0 aromatic heterocycles. The second-order valence-electron chi connectivity index (χ2n) is 5.52. The number of likely N-dealkylation sites (tertiary alicyclic amines) is 1. The molecule has 1 atom stereocenters. The number of amides is 1. The molecule has 1 heterocycles. The highest BCUT2D eigenvalue weighted by Crippen LogP contribution is 2.10. The molecule has 1 aromatic carbocycles. The standard InChI is InChI=1S/C16H24N2O3/c1-17(10-11-18-9-5-8-16(18)20)12-14(19)13-21-15-6-3-2-4-7-15/h2-4,6-7,14,19H,5,8-13H2,1H3. The number of benzene rings is 1. The number of likely N-dealkylation sites (N-methyl/N-ethyl adjacent to an activating group) is 1. The van der Waals surface area contributed by atoms with E-state index in [1.54, 1.807) is 0 Å². The van der Waals surface area contributed by atoms with Crippen molar-refractivity contribution in [3.05, 3.63) is 30.3 Å². The molecule has 1 aliphatic rings. The van der Waals surface area contributed by atoms with E-state index in [4.69, 9.17) is 4.74 Å². The van der Waals surface area contributed by atoms with Gasteiger partial charge in [0.15, 0.2) is 0 Å². The molecule has 5 nitrogen and oxygen atoms in total. The molecular formula is C16H24N2O3. The van der Waals surface area contributed by atoms with Gasteiger partial charge in [-0.05, 0) is 25.6 Å². The quantitative estimate of drug-likeness (QED) is 0.776. The minimum Gasteiger partial charge on any atom is -0.491 e. The highest BCUT2D eigenvalue weighted by Gasteiger charge is 2.20. The summed E-state index contributed by atoms with van der Waals surface area (Å²) in [5.74, 6) is 1.01. The van der Waals surface area contributed by atoms with Crippen LogP contribution in [-0.2, 0) is 4.79 Å². The van der Waals surface area contributed by atoms with Crippen LogP contribution in [0.5, 0.6) is 5.75 Å². The van der Waals surface area contributed by atoms with Crippen molar-refractivity contribution in [2.45, 2.75) is 18.9 Å². The van der Waals surface area contributed by atoms with Gasteiger partial charge in [-0.15, -0.1) is 0 Å². The van der Waals surface area contributed by atoms with E-state index in [1.807, 2.05) is 47.2 Å². The normalized spacial score (nSPS) is 16.5. The molecule has 0 aliphatic carbocycles. The Hall–Kier alpha value is -1.59. The molecule has 5 heteroatoms. The number of aliphatic hydroxyl groups excluding tert-OH is 1. The van der Waals surface area contributed by atoms with Crippen LogP contribution in [0.15, 0.2) is 30.3 Å². The van der Waals surface area contributed by atoms with Crippen LogP contribution in [0.2, 0.25) is 0 Å². The first-order valence-corrected chi connectivity index (χ1v) is 7.47. The summed E-state index contributed by atoms with van der Waals surface area (Å²) in [5, 5.41) is 9.98. The number of carbonyl (C=O) groups is 1. The topological polar surface area (TPSA) is 53.0 Å². The first-order valence-electron chi connectivity index (χ1n) is 7.47. The minimum absolute atomic E-state index is 0.247. The lowest BCUT2D eigenvalue weighted by Gasteiger charge is -2.23. The number of ether oxygens (including phenoxy) is 1. The number of aliphatic hydroxyl groups is 1. The summed E-state index contributed by atoms with van der Waals surface area (Å²) in [6.07, 6.45) is 1.11. The number of nitrogens with zero attached hydrogens (tertiary/aromatic N) is 2. The van der Waals surface area contributed by atoms with Gasteiger partial charge in [0.05, 0.1) is 0 Å². The van der Waals surface area contributed by atoms with Crippen molar-refractivity contribution < 1.29 is 14.6 Å². The van der Waals surface area contributed by atoms with E-state index in [0.29, 0.717) is 13.0 Å². The Labute approximate surface area is 126 Å². The molecule has 2 rings (SSSR count). The summed E-state index contributed by atoms with van der Waals surface area (Å²) < 4.78 is 5.52. The van der Waals surface area contributed by atoms with E-state index < -0.39 is 6.10 Å². The van der Waals surface area contributed by atoms with Gasteiger partial charge in [0.1, 0.15) is 18.5 Å². The maximum absolute atomic E-state index is 11.5. The Morgan fingerprint density at radius 1 is 1.38 bits per heavy atom. The summed E-state index contributed by atoms with van der Waals surface area (Å²) in [4.78, 5) is 15.4. The third-order valence-corrected chi connectivity index (χ3v) is 3.63. The fraction of sp³-hybridized carbons (Fsp3) is 0.562. The summed E-state index contributed by atoms with van der Waals surface area (Å²) in [7, 11) is 1.95. The second-order valence-corrected chi connectivity index (χ2v) is 5.52. The summed E-state index contributed by atoms with van der Waals surface area (Å²) in [6, 6.07) is 9.48. The highest BCUT2D eigenvalue weighted by molar-refractivity contribution is 5.78. The van der Waals surface area contributed by atoms with Crippen LogP contribution in [0.4, 0.5) is 0 Å². The second kappa shape index (κ2) is 8.00. The average molecular weight is 292 g/mol. The lowest BCUT2D eigenvalue weighted by molar-refractivity contribution is -0.127. The number of para-hydroxylation sites is 1. The van der Waals surface area contributed by atoms with Gasteiger partial charge < -0.3 is 19.6 Å². The molecule has 1 aliphatic heterocycles. The van der Waals surface area contributed by atoms with E-state index in [0.717, 1.165) is 31.8 Å². The van der Waals surface area contributed by atoms with E-state index in [1.165, 1.54) is 0 Å². The molecule has 0 radical (unpaired) electrons. The van der Waals surface area contributed by atoms with Crippen molar-refractivity contribution in [1.29, 1.82) is 0 Å². The fourth-order valence-corrected chi connectivity index (χ4v) is 2.44. The molecule has 0 saturated carbocycles. The van der Waals surface area contributed by atoms with E-state index in [-0.39, 0.29) is 12.5 Å². The third-order valence-electron chi connectivity index (χ3n) is 3.63. The van der Waals surface area contributed by atoms with Crippen molar-refractivity contribution in [2.75, 3.05) is 39.8 Å². The van der Waals surface area contributed by atoms with Gasteiger partial charge in [-0.3, -0.25) is 4.79 Å². The van der Waals surface area contributed by atoms with Crippen LogP contribution in [0.1, 0.15) is 12.8 Å². The van der Waals surface area contributed by atoms with E-state index >= 15 is 0 Å². The Bertz CT molecular complexity index is 438. The third kappa shape index (κ3) is 5.36. The van der Waals surface area contributed by atoms with Crippen LogP contribution >= 0.6 is 0 Å². The Balaban J connectivity index is 1.62. The Kier molecular flexibility index (Phi) is 6.02. The zero-order chi connectivity index (χ0) is 15.1. The van der Waals surface area contributed by atoms with Crippen LogP contribution < -0.4 is 4.74 Å². The van der Waals surface area contributed by atoms with Gasteiger partial charge >= 0.3 is 0 Å². The van der Waals surface area contributed by atoms with Gasteiger partial charge in [-0.1, -0.05) is 18.2 Å². The van der Waals surface area contributed by atoms with Crippen LogP contribution in [0.25, 0.3) is 0 Å². The summed E-state index contributed by atoms with van der Waals surface area (Å²) >= 11 is 0. The number of carbonyl (C=O) groups excluding carboxylic acids is 1. The first kappa shape index (κ1) is 15.8. The highest BCUT2D eigenvalue weighted by atomic mass is 16.5. The zero-order valence-electron chi connectivity index (χ0n) is 12.6. The van der Waals surface area contributed by atoms with Gasteiger partial charge in [-0.25, -0.2) is 0 Å². The lowest BCUT2D eigenvalue weighted by Crippen LogP contribution is -2.38. The van der Waals surface area contributed by atoms with E-state index in [9.17, 15) is 9.90 Å². The van der Waals surface area contributed by atoms with Gasteiger partial charge in [0, 0.05) is 32.6 Å². The van der Waals surface area contributed by atoms with Crippen molar-refractivity contribution in [1.82, 2.24) is 9.80 Å². The molecule has 1 amide bonds. The first-order chi connectivity index (χ1) is 10.1. The van der Waals surface area contributed by atoms with Crippen molar-refractivity contribution in [3.8, 4) is 5.75 Å².